The molecule has 0 N–H and O–H groups in total. The molecule has 0 aliphatic carbocycles. The van der Waals surface area contributed by atoms with E-state index in [1.165, 1.54) is 0 Å². The van der Waals surface area contributed by atoms with Crippen LogP contribution in [0.4, 0.5) is 0 Å². The molecule has 1 aromatic rings. The van der Waals surface area contributed by atoms with Gasteiger partial charge in [0.2, 0.25) is 0 Å². The summed E-state index contributed by atoms with van der Waals surface area (Å²) in [5.41, 5.74) is 0.646. The van der Waals surface area contributed by atoms with Crippen molar-refractivity contribution in [2.75, 3.05) is 92.3 Å². The smallest absolute Gasteiger partial charge is 0.120 e. The second-order valence-corrected chi connectivity index (χ2v) is 6.68. The molecule has 1 aliphatic heterocycles. The Morgan fingerprint density at radius 2 is 1.32 bits per heavy atom. The molecule has 0 atom stereocenters. The highest BCUT2D eigenvalue weighted by Gasteiger charge is 2.07. The van der Waals surface area contributed by atoms with Crippen molar-refractivity contribution in [3.8, 4) is 17.9 Å². The van der Waals surface area contributed by atoms with Crippen LogP contribution in [0.15, 0.2) is 18.2 Å². The van der Waals surface area contributed by atoms with Gasteiger partial charge >= 0.3 is 0 Å². The minimum atomic E-state index is 0.306. The molecule has 9 nitrogen and oxygen atoms in total. The first-order valence-electron chi connectivity index (χ1n) is 10.5. The fourth-order valence-corrected chi connectivity index (χ4v) is 2.80. The lowest BCUT2D eigenvalue weighted by Gasteiger charge is -2.22. The minimum absolute atomic E-state index is 0.306. The number of hydrogen-bond acceptors (Lipinski definition) is 9. The molecule has 2 rings (SSSR count). The van der Waals surface area contributed by atoms with Crippen molar-refractivity contribution in [3.63, 3.8) is 0 Å². The van der Waals surface area contributed by atoms with Gasteiger partial charge in [-0.2, -0.15) is 10.5 Å². The molecular formula is C22H31N3O6. The van der Waals surface area contributed by atoms with Gasteiger partial charge in [0.05, 0.1) is 77.2 Å². The largest absolute Gasteiger partial charge is 0.491 e. The summed E-state index contributed by atoms with van der Waals surface area (Å²) in [6.45, 7) is 8.37. The quantitative estimate of drug-likeness (QED) is 0.587. The van der Waals surface area contributed by atoms with Crippen molar-refractivity contribution < 1.29 is 28.4 Å². The van der Waals surface area contributed by atoms with Gasteiger partial charge in [0.1, 0.15) is 24.5 Å². The second-order valence-electron chi connectivity index (χ2n) is 6.68. The molecule has 1 fully saturated rings. The van der Waals surface area contributed by atoms with Gasteiger partial charge in [-0.1, -0.05) is 0 Å². The fraction of sp³-hybridized carbons (Fsp3) is 0.636. The van der Waals surface area contributed by atoms with Crippen molar-refractivity contribution in [1.82, 2.24) is 4.90 Å². The Hall–Kier alpha value is -2.24. The zero-order valence-electron chi connectivity index (χ0n) is 17.9. The molecule has 0 unspecified atom stereocenters. The van der Waals surface area contributed by atoms with Crippen LogP contribution in [-0.4, -0.2) is 97.2 Å². The molecule has 0 spiro atoms. The number of ether oxygens (including phenoxy) is 6. The summed E-state index contributed by atoms with van der Waals surface area (Å²) in [7, 11) is 0. The zero-order valence-corrected chi connectivity index (χ0v) is 17.9. The van der Waals surface area contributed by atoms with Gasteiger partial charge in [-0.05, 0) is 18.2 Å². The van der Waals surface area contributed by atoms with Crippen LogP contribution in [0, 0.1) is 22.7 Å². The highest BCUT2D eigenvalue weighted by molar-refractivity contribution is 5.49. The van der Waals surface area contributed by atoms with E-state index in [0.29, 0.717) is 89.6 Å². The second kappa shape index (κ2) is 16.5. The third-order valence-corrected chi connectivity index (χ3v) is 4.50. The number of benzene rings is 1. The average Bonchev–Trinajstić information content (AvgIpc) is 2.81. The van der Waals surface area contributed by atoms with Crippen molar-refractivity contribution >= 4 is 0 Å². The summed E-state index contributed by atoms with van der Waals surface area (Å²) in [5.74, 6) is 0.548. The number of rotatable bonds is 7. The summed E-state index contributed by atoms with van der Waals surface area (Å²) in [4.78, 5) is 2.24. The van der Waals surface area contributed by atoms with E-state index >= 15 is 0 Å². The molecule has 0 bridgehead atoms. The first-order chi connectivity index (χ1) is 15.3. The summed E-state index contributed by atoms with van der Waals surface area (Å²) >= 11 is 0. The van der Waals surface area contributed by atoms with E-state index in [2.05, 4.69) is 4.90 Å². The molecule has 170 valence electrons. The Morgan fingerprint density at radius 3 is 1.90 bits per heavy atom. The van der Waals surface area contributed by atoms with Crippen molar-refractivity contribution in [2.24, 2.45) is 0 Å². The molecule has 0 amide bonds. The van der Waals surface area contributed by atoms with E-state index in [0.717, 1.165) is 19.6 Å². The summed E-state index contributed by atoms with van der Waals surface area (Å²) < 4.78 is 33.4. The molecule has 31 heavy (non-hydrogen) atoms. The van der Waals surface area contributed by atoms with Gasteiger partial charge in [0, 0.05) is 19.6 Å². The monoisotopic (exact) mass is 433 g/mol. The van der Waals surface area contributed by atoms with Crippen LogP contribution in [0.2, 0.25) is 0 Å². The molecule has 1 aromatic carbocycles. The van der Waals surface area contributed by atoms with Crippen LogP contribution in [0.25, 0.3) is 0 Å². The molecule has 9 heteroatoms. The molecule has 0 aromatic heterocycles. The minimum Gasteiger partial charge on any atom is -0.491 e. The first kappa shape index (κ1) is 25.0. The van der Waals surface area contributed by atoms with Gasteiger partial charge < -0.3 is 28.4 Å². The highest BCUT2D eigenvalue weighted by atomic mass is 16.6. The molecule has 0 radical (unpaired) electrons. The molecule has 1 saturated heterocycles. The number of nitriles is 2. The highest BCUT2D eigenvalue weighted by Crippen LogP contribution is 2.16. The van der Waals surface area contributed by atoms with Crippen molar-refractivity contribution in [1.29, 1.82) is 10.5 Å². The Bertz CT molecular complexity index is 687. The maximum absolute atomic E-state index is 9.06. The summed E-state index contributed by atoms with van der Waals surface area (Å²) in [5, 5.41) is 18.0. The standard InChI is InChI=1S/C22H31N3O6/c23-18-20-1-2-22(17-21(20)19-24)31-16-15-28-8-5-25-3-6-26-9-11-29-13-14-30-12-10-27-7-4-25/h1-2,17H,3-16H2. The normalized spacial score (nSPS) is 17.6. The van der Waals surface area contributed by atoms with Crippen molar-refractivity contribution in [3.05, 3.63) is 29.3 Å². The predicted octanol–water partition coefficient (Wildman–Crippen LogP) is 1.21. The first-order valence-corrected chi connectivity index (χ1v) is 10.5. The fourth-order valence-electron chi connectivity index (χ4n) is 2.80. The molecule has 0 saturated carbocycles. The van der Waals surface area contributed by atoms with E-state index in [1.807, 2.05) is 12.1 Å². The molecule has 1 heterocycles. The third kappa shape index (κ3) is 11.1. The van der Waals surface area contributed by atoms with E-state index in [1.54, 1.807) is 18.2 Å². The van der Waals surface area contributed by atoms with Gasteiger partial charge in [-0.15, -0.1) is 0 Å². The van der Waals surface area contributed by atoms with Crippen LogP contribution >= 0.6 is 0 Å². The van der Waals surface area contributed by atoms with E-state index in [9.17, 15) is 0 Å². The summed E-state index contributed by atoms with van der Waals surface area (Å²) in [6, 6.07) is 8.81. The van der Waals surface area contributed by atoms with Gasteiger partial charge in [-0.3, -0.25) is 4.90 Å². The molecule has 1 aliphatic rings. The SMILES string of the molecule is N#Cc1ccc(OCCOCCN2CCOCCOCCOCCOCC2)cc1C#N. The topological polar surface area (TPSA) is 106 Å². The van der Waals surface area contributed by atoms with Crippen molar-refractivity contribution in [2.45, 2.75) is 0 Å². The lowest BCUT2D eigenvalue weighted by atomic mass is 10.1. The Kier molecular flexibility index (Phi) is 13.3. The van der Waals surface area contributed by atoms with Gasteiger partial charge in [0.15, 0.2) is 0 Å². The maximum atomic E-state index is 9.06. The Balaban J connectivity index is 1.63. The summed E-state index contributed by atoms with van der Waals surface area (Å²) in [6.07, 6.45) is 0. The van der Waals surface area contributed by atoms with Crippen LogP contribution in [-0.2, 0) is 23.7 Å². The van der Waals surface area contributed by atoms with Gasteiger partial charge in [-0.25, -0.2) is 0 Å². The zero-order chi connectivity index (χ0) is 22.0. The number of hydrogen-bond donors (Lipinski definition) is 0. The Morgan fingerprint density at radius 1 is 0.742 bits per heavy atom. The molecular weight excluding hydrogens is 402 g/mol. The third-order valence-electron chi connectivity index (χ3n) is 4.50. The van der Waals surface area contributed by atoms with E-state index in [4.69, 9.17) is 38.9 Å². The van der Waals surface area contributed by atoms with Crippen LogP contribution < -0.4 is 4.74 Å². The van der Waals surface area contributed by atoms with E-state index < -0.39 is 0 Å². The lowest BCUT2D eigenvalue weighted by Crippen LogP contribution is -2.34. The van der Waals surface area contributed by atoms with E-state index in [-0.39, 0.29) is 0 Å². The van der Waals surface area contributed by atoms with Gasteiger partial charge in [0.25, 0.3) is 0 Å². The van der Waals surface area contributed by atoms with Crippen LogP contribution in [0.3, 0.4) is 0 Å². The lowest BCUT2D eigenvalue weighted by molar-refractivity contribution is 0.00206. The maximum Gasteiger partial charge on any atom is 0.120 e. The Labute approximate surface area is 183 Å². The van der Waals surface area contributed by atoms with Crippen LogP contribution in [0.1, 0.15) is 11.1 Å². The predicted molar refractivity (Wildman–Crippen MR) is 112 cm³/mol. The average molecular weight is 434 g/mol. The number of nitrogens with zero attached hydrogens (tertiary/aromatic N) is 3. The van der Waals surface area contributed by atoms with Crippen LogP contribution in [0.5, 0.6) is 5.75 Å².